The SMILES string of the molecule is CCCCCCC(=O)O[Si](C)(C)F. The van der Waals surface area contributed by atoms with Crippen molar-refractivity contribution < 1.29 is 13.3 Å². The highest BCUT2D eigenvalue weighted by atomic mass is 28.4. The van der Waals surface area contributed by atoms with Crippen LogP contribution in [-0.4, -0.2) is 14.6 Å². The molecule has 0 heterocycles. The first kappa shape index (κ1) is 12.6. The molecule has 13 heavy (non-hydrogen) atoms. The fourth-order valence-electron chi connectivity index (χ4n) is 1.02. The molecule has 0 rings (SSSR count). The van der Waals surface area contributed by atoms with Gasteiger partial charge >= 0.3 is 8.65 Å². The van der Waals surface area contributed by atoms with Gasteiger partial charge in [0.25, 0.3) is 5.97 Å². The van der Waals surface area contributed by atoms with Crippen LogP contribution in [0, 0.1) is 0 Å². The van der Waals surface area contributed by atoms with E-state index >= 15 is 0 Å². The van der Waals surface area contributed by atoms with E-state index in [-0.39, 0.29) is 5.97 Å². The molecule has 0 bridgehead atoms. The lowest BCUT2D eigenvalue weighted by atomic mass is 10.2. The Balaban J connectivity index is 3.41. The molecule has 0 aliphatic heterocycles. The fraction of sp³-hybridized carbons (Fsp3) is 0.889. The number of hydrogen-bond acceptors (Lipinski definition) is 2. The van der Waals surface area contributed by atoms with Gasteiger partial charge in [0.1, 0.15) is 0 Å². The van der Waals surface area contributed by atoms with Crippen molar-refractivity contribution in [2.45, 2.75) is 52.1 Å². The maximum absolute atomic E-state index is 12.9. The zero-order valence-electron chi connectivity index (χ0n) is 8.73. The molecule has 0 radical (unpaired) electrons. The van der Waals surface area contributed by atoms with Gasteiger partial charge in [-0.25, -0.2) is 0 Å². The first-order valence-corrected chi connectivity index (χ1v) is 7.65. The second-order valence-corrected chi connectivity index (χ2v) is 6.58. The smallest absolute Gasteiger partial charge is 0.436 e. The van der Waals surface area contributed by atoms with Gasteiger partial charge in [0.2, 0.25) is 0 Å². The zero-order chi connectivity index (χ0) is 10.3. The molecule has 0 saturated heterocycles. The number of hydrogen-bond donors (Lipinski definition) is 0. The van der Waals surface area contributed by atoms with Crippen LogP contribution in [0.15, 0.2) is 0 Å². The molecule has 0 spiro atoms. The van der Waals surface area contributed by atoms with Crippen molar-refractivity contribution in [3.8, 4) is 0 Å². The minimum atomic E-state index is -3.14. The van der Waals surface area contributed by atoms with Gasteiger partial charge in [-0.15, -0.1) is 0 Å². The summed E-state index contributed by atoms with van der Waals surface area (Å²) in [7, 11) is -3.14. The predicted octanol–water partition coefficient (Wildman–Crippen LogP) is 3.17. The third-order valence-corrected chi connectivity index (χ3v) is 2.30. The molecule has 0 aromatic carbocycles. The second-order valence-electron chi connectivity index (χ2n) is 3.65. The average molecular weight is 206 g/mol. The van der Waals surface area contributed by atoms with Gasteiger partial charge in [0, 0.05) is 6.42 Å². The Hall–Kier alpha value is -0.383. The van der Waals surface area contributed by atoms with Crippen LogP contribution >= 0.6 is 0 Å². The van der Waals surface area contributed by atoms with Gasteiger partial charge in [-0.05, 0) is 19.5 Å². The topological polar surface area (TPSA) is 26.3 Å². The maximum atomic E-state index is 12.9. The third kappa shape index (κ3) is 9.53. The van der Waals surface area contributed by atoms with Crippen molar-refractivity contribution in [2.75, 3.05) is 0 Å². The van der Waals surface area contributed by atoms with E-state index in [9.17, 15) is 8.90 Å². The summed E-state index contributed by atoms with van der Waals surface area (Å²) >= 11 is 0. The molecule has 0 N–H and O–H groups in total. The molecule has 0 amide bonds. The highest BCUT2D eigenvalue weighted by Gasteiger charge is 2.26. The van der Waals surface area contributed by atoms with Crippen molar-refractivity contribution in [1.82, 2.24) is 0 Å². The van der Waals surface area contributed by atoms with Crippen LogP contribution < -0.4 is 0 Å². The van der Waals surface area contributed by atoms with Gasteiger partial charge in [0.05, 0.1) is 0 Å². The molecule has 78 valence electrons. The zero-order valence-corrected chi connectivity index (χ0v) is 9.73. The Morgan fingerprint density at radius 2 is 1.92 bits per heavy atom. The molecular formula is C9H19FO2Si. The van der Waals surface area contributed by atoms with E-state index in [1.165, 1.54) is 13.1 Å². The van der Waals surface area contributed by atoms with Crippen LogP contribution in [0.2, 0.25) is 13.1 Å². The molecule has 0 fully saturated rings. The van der Waals surface area contributed by atoms with E-state index in [4.69, 9.17) is 0 Å². The Morgan fingerprint density at radius 3 is 2.38 bits per heavy atom. The summed E-state index contributed by atoms with van der Waals surface area (Å²) < 4.78 is 17.6. The average Bonchev–Trinajstić information content (AvgIpc) is 1.94. The Morgan fingerprint density at radius 1 is 1.31 bits per heavy atom. The quantitative estimate of drug-likeness (QED) is 0.379. The number of carbonyl (C=O) groups is 1. The van der Waals surface area contributed by atoms with Crippen LogP contribution in [0.4, 0.5) is 4.11 Å². The summed E-state index contributed by atoms with van der Waals surface area (Å²) in [6.07, 6.45) is 4.47. The Labute approximate surface area is 80.8 Å². The first-order valence-electron chi connectivity index (χ1n) is 4.86. The minimum absolute atomic E-state index is 0.361. The van der Waals surface area contributed by atoms with Crippen molar-refractivity contribution in [2.24, 2.45) is 0 Å². The molecule has 0 aliphatic carbocycles. The second kappa shape index (κ2) is 6.13. The Bertz CT molecular complexity index is 154. The molecule has 0 unspecified atom stereocenters. The lowest BCUT2D eigenvalue weighted by Crippen LogP contribution is -2.27. The summed E-state index contributed by atoms with van der Waals surface area (Å²) in [4.78, 5) is 11.0. The van der Waals surface area contributed by atoms with Crippen molar-refractivity contribution in [1.29, 1.82) is 0 Å². The largest absolute Gasteiger partial charge is 0.491 e. The number of rotatable bonds is 6. The predicted molar refractivity (Wildman–Crippen MR) is 53.4 cm³/mol. The van der Waals surface area contributed by atoms with Gasteiger partial charge < -0.3 is 4.43 Å². The standard InChI is InChI=1S/C9H19FO2Si/c1-4-5-6-7-8-9(11)12-13(2,3)10/h4-8H2,1-3H3. The van der Waals surface area contributed by atoms with Crippen LogP contribution in [0.1, 0.15) is 39.0 Å². The lowest BCUT2D eigenvalue weighted by Gasteiger charge is -2.12. The van der Waals surface area contributed by atoms with Crippen molar-refractivity contribution in [3.63, 3.8) is 0 Å². The fourth-order valence-corrected chi connectivity index (χ4v) is 1.66. The van der Waals surface area contributed by atoms with E-state index in [0.717, 1.165) is 25.7 Å². The van der Waals surface area contributed by atoms with Crippen molar-refractivity contribution >= 4 is 14.6 Å². The van der Waals surface area contributed by atoms with E-state index < -0.39 is 8.65 Å². The Kier molecular flexibility index (Phi) is 5.95. The molecule has 0 aromatic rings. The van der Waals surface area contributed by atoms with Crippen LogP contribution in [0.25, 0.3) is 0 Å². The third-order valence-electron chi connectivity index (χ3n) is 1.59. The van der Waals surface area contributed by atoms with Crippen LogP contribution in [0.5, 0.6) is 0 Å². The van der Waals surface area contributed by atoms with Gasteiger partial charge in [-0.1, -0.05) is 26.2 Å². The molecule has 0 aliphatic rings. The molecular weight excluding hydrogens is 187 g/mol. The molecule has 0 aromatic heterocycles. The normalized spacial score (nSPS) is 11.4. The van der Waals surface area contributed by atoms with Gasteiger partial charge in [0.15, 0.2) is 0 Å². The van der Waals surface area contributed by atoms with E-state index in [1.54, 1.807) is 0 Å². The number of unbranched alkanes of at least 4 members (excludes halogenated alkanes) is 3. The van der Waals surface area contributed by atoms with Gasteiger partial charge in [-0.3, -0.25) is 8.90 Å². The highest BCUT2D eigenvalue weighted by Crippen LogP contribution is 2.09. The molecule has 4 heteroatoms. The van der Waals surface area contributed by atoms with E-state index in [1.807, 2.05) is 0 Å². The van der Waals surface area contributed by atoms with Crippen LogP contribution in [-0.2, 0) is 9.22 Å². The molecule has 2 nitrogen and oxygen atoms in total. The molecule has 0 saturated carbocycles. The highest BCUT2D eigenvalue weighted by molar-refractivity contribution is 6.65. The summed E-state index contributed by atoms with van der Waals surface area (Å²) in [5.74, 6) is -0.379. The van der Waals surface area contributed by atoms with E-state index in [2.05, 4.69) is 11.3 Å². The van der Waals surface area contributed by atoms with E-state index in [0.29, 0.717) is 6.42 Å². The van der Waals surface area contributed by atoms with Crippen LogP contribution in [0.3, 0.4) is 0 Å². The summed E-state index contributed by atoms with van der Waals surface area (Å²) in [6.45, 7) is 4.85. The molecule has 0 atom stereocenters. The summed E-state index contributed by atoms with van der Waals surface area (Å²) in [5.41, 5.74) is 0. The number of carbonyl (C=O) groups excluding carboxylic acids is 1. The summed E-state index contributed by atoms with van der Waals surface area (Å²) in [5, 5.41) is 0. The number of halogens is 1. The monoisotopic (exact) mass is 206 g/mol. The summed E-state index contributed by atoms with van der Waals surface area (Å²) in [6, 6.07) is 0. The van der Waals surface area contributed by atoms with Gasteiger partial charge in [-0.2, -0.15) is 0 Å². The lowest BCUT2D eigenvalue weighted by molar-refractivity contribution is -0.135. The minimum Gasteiger partial charge on any atom is -0.491 e. The first-order chi connectivity index (χ1) is 5.95. The van der Waals surface area contributed by atoms with Crippen molar-refractivity contribution in [3.05, 3.63) is 0 Å². The maximum Gasteiger partial charge on any atom is 0.436 e.